The van der Waals surface area contributed by atoms with Gasteiger partial charge in [0, 0.05) is 18.7 Å². The molecule has 24 heavy (non-hydrogen) atoms. The lowest BCUT2D eigenvalue weighted by atomic mass is 10.1. The summed E-state index contributed by atoms with van der Waals surface area (Å²) in [6.07, 6.45) is 0.393. The minimum Gasteiger partial charge on any atom is -0.495 e. The van der Waals surface area contributed by atoms with E-state index in [1.54, 1.807) is 7.11 Å². The zero-order chi connectivity index (χ0) is 17.7. The zero-order valence-electron chi connectivity index (χ0n) is 15.1. The highest BCUT2D eigenvalue weighted by atomic mass is 16.5. The maximum atomic E-state index is 12.2. The Morgan fingerprint density at radius 1 is 1.00 bits per heavy atom. The molecule has 0 fully saturated rings. The van der Waals surface area contributed by atoms with Gasteiger partial charge in [-0.05, 0) is 56.5 Å². The highest BCUT2D eigenvalue weighted by Gasteiger charge is 2.09. The van der Waals surface area contributed by atoms with Crippen LogP contribution in [0.2, 0.25) is 0 Å². The van der Waals surface area contributed by atoms with Crippen molar-refractivity contribution in [1.29, 1.82) is 0 Å². The number of anilines is 2. The summed E-state index contributed by atoms with van der Waals surface area (Å²) < 4.78 is 5.29. The van der Waals surface area contributed by atoms with Gasteiger partial charge in [0.15, 0.2) is 0 Å². The molecule has 0 spiro atoms. The van der Waals surface area contributed by atoms with Crippen molar-refractivity contribution < 1.29 is 9.53 Å². The van der Waals surface area contributed by atoms with E-state index in [1.165, 1.54) is 16.7 Å². The second kappa shape index (κ2) is 7.86. The molecule has 2 N–H and O–H groups in total. The average molecular weight is 326 g/mol. The summed E-state index contributed by atoms with van der Waals surface area (Å²) in [4.78, 5) is 12.2. The smallest absolute Gasteiger partial charge is 0.226 e. The van der Waals surface area contributed by atoms with Gasteiger partial charge < -0.3 is 15.4 Å². The Balaban J connectivity index is 1.94. The number of benzene rings is 2. The van der Waals surface area contributed by atoms with E-state index < -0.39 is 0 Å². The number of ether oxygens (including phenoxy) is 1. The molecule has 0 heterocycles. The molecule has 4 nitrogen and oxygen atoms in total. The highest BCUT2D eigenvalue weighted by molar-refractivity contribution is 5.92. The molecule has 0 aliphatic heterocycles. The van der Waals surface area contributed by atoms with Crippen molar-refractivity contribution >= 4 is 17.3 Å². The Morgan fingerprint density at radius 2 is 1.67 bits per heavy atom. The van der Waals surface area contributed by atoms with Crippen molar-refractivity contribution in [2.75, 3.05) is 24.3 Å². The summed E-state index contributed by atoms with van der Waals surface area (Å²) in [7, 11) is 1.60. The molecule has 0 saturated heterocycles. The fourth-order valence-electron chi connectivity index (χ4n) is 2.89. The third-order valence-electron chi connectivity index (χ3n) is 3.96. The van der Waals surface area contributed by atoms with Crippen molar-refractivity contribution in [3.63, 3.8) is 0 Å². The van der Waals surface area contributed by atoms with Crippen LogP contribution in [0.1, 0.15) is 28.7 Å². The fraction of sp³-hybridized carbons (Fsp3) is 0.350. The summed E-state index contributed by atoms with van der Waals surface area (Å²) >= 11 is 0. The molecular formula is C20H26N2O2. The number of hydrogen-bond donors (Lipinski definition) is 2. The van der Waals surface area contributed by atoms with Gasteiger partial charge in [0.05, 0.1) is 12.8 Å². The molecule has 0 aliphatic carbocycles. The first-order valence-corrected chi connectivity index (χ1v) is 8.17. The summed E-state index contributed by atoms with van der Waals surface area (Å²) in [5, 5.41) is 6.30. The molecule has 0 atom stereocenters. The molecule has 0 aliphatic rings. The Labute approximate surface area is 144 Å². The summed E-state index contributed by atoms with van der Waals surface area (Å²) in [6.45, 7) is 8.83. The van der Waals surface area contributed by atoms with E-state index in [-0.39, 0.29) is 5.91 Å². The van der Waals surface area contributed by atoms with Crippen molar-refractivity contribution in [1.82, 2.24) is 0 Å². The van der Waals surface area contributed by atoms with Gasteiger partial charge >= 0.3 is 0 Å². The standard InChI is InChI=1S/C20H26N2O2/c1-13-6-7-18(24-5)17(12-13)22-19(23)8-9-21-20-15(3)10-14(2)11-16(20)4/h6-7,10-12,21H,8-9H2,1-5H3,(H,22,23). The normalized spacial score (nSPS) is 10.4. The topological polar surface area (TPSA) is 50.4 Å². The van der Waals surface area contributed by atoms with Crippen LogP contribution < -0.4 is 15.4 Å². The zero-order valence-corrected chi connectivity index (χ0v) is 15.1. The quantitative estimate of drug-likeness (QED) is 0.829. The second-order valence-corrected chi connectivity index (χ2v) is 6.20. The third kappa shape index (κ3) is 4.51. The van der Waals surface area contributed by atoms with Crippen LogP contribution in [-0.4, -0.2) is 19.6 Å². The molecule has 0 saturated carbocycles. The minimum absolute atomic E-state index is 0.0335. The van der Waals surface area contributed by atoms with Gasteiger partial charge in [-0.1, -0.05) is 23.8 Å². The molecular weight excluding hydrogens is 300 g/mol. The number of nitrogens with one attached hydrogen (secondary N) is 2. The molecule has 2 aromatic carbocycles. The molecule has 128 valence electrons. The number of carbonyl (C=O) groups is 1. The van der Waals surface area contributed by atoms with E-state index in [0.29, 0.717) is 24.4 Å². The molecule has 0 bridgehead atoms. The van der Waals surface area contributed by atoms with E-state index in [2.05, 4.69) is 43.5 Å². The van der Waals surface area contributed by atoms with Gasteiger partial charge in [-0.3, -0.25) is 4.79 Å². The van der Waals surface area contributed by atoms with E-state index >= 15 is 0 Å². The Kier molecular flexibility index (Phi) is 5.85. The number of carbonyl (C=O) groups excluding carboxylic acids is 1. The van der Waals surface area contributed by atoms with Gasteiger partial charge in [-0.25, -0.2) is 0 Å². The van der Waals surface area contributed by atoms with Crippen LogP contribution >= 0.6 is 0 Å². The van der Waals surface area contributed by atoms with Crippen LogP contribution in [0.15, 0.2) is 30.3 Å². The second-order valence-electron chi connectivity index (χ2n) is 6.20. The molecule has 1 amide bonds. The highest BCUT2D eigenvalue weighted by Crippen LogP contribution is 2.25. The van der Waals surface area contributed by atoms with Crippen molar-refractivity contribution in [3.05, 3.63) is 52.6 Å². The lowest BCUT2D eigenvalue weighted by Crippen LogP contribution is -2.17. The summed E-state index contributed by atoms with van der Waals surface area (Å²) in [5.74, 6) is 0.640. The molecule has 4 heteroatoms. The van der Waals surface area contributed by atoms with E-state index in [0.717, 1.165) is 11.3 Å². The first-order valence-electron chi connectivity index (χ1n) is 8.17. The van der Waals surface area contributed by atoms with E-state index in [1.807, 2.05) is 25.1 Å². The van der Waals surface area contributed by atoms with Crippen LogP contribution in [0.3, 0.4) is 0 Å². The maximum absolute atomic E-state index is 12.2. The third-order valence-corrected chi connectivity index (χ3v) is 3.96. The molecule has 2 aromatic rings. The van der Waals surface area contributed by atoms with Crippen molar-refractivity contribution in [2.45, 2.75) is 34.1 Å². The maximum Gasteiger partial charge on any atom is 0.226 e. The number of hydrogen-bond acceptors (Lipinski definition) is 3. The monoisotopic (exact) mass is 326 g/mol. The molecule has 0 aromatic heterocycles. The minimum atomic E-state index is -0.0335. The van der Waals surface area contributed by atoms with Crippen molar-refractivity contribution in [2.24, 2.45) is 0 Å². The van der Waals surface area contributed by atoms with Crippen LogP contribution in [0.5, 0.6) is 5.75 Å². The summed E-state index contributed by atoms with van der Waals surface area (Å²) in [6, 6.07) is 10.0. The van der Waals surface area contributed by atoms with Gasteiger partial charge in [-0.2, -0.15) is 0 Å². The number of amides is 1. The van der Waals surface area contributed by atoms with E-state index in [4.69, 9.17) is 4.74 Å². The average Bonchev–Trinajstić information content (AvgIpc) is 2.50. The van der Waals surface area contributed by atoms with Crippen molar-refractivity contribution in [3.8, 4) is 5.75 Å². The number of rotatable bonds is 6. The first kappa shape index (κ1) is 17.9. The largest absolute Gasteiger partial charge is 0.495 e. The number of methoxy groups -OCH3 is 1. The van der Waals surface area contributed by atoms with Crippen LogP contribution in [0, 0.1) is 27.7 Å². The molecule has 2 rings (SSSR count). The van der Waals surface area contributed by atoms with Gasteiger partial charge in [0.2, 0.25) is 5.91 Å². The Bertz CT molecular complexity index is 715. The molecule has 0 unspecified atom stereocenters. The van der Waals surface area contributed by atoms with E-state index in [9.17, 15) is 4.79 Å². The number of aryl methyl sites for hydroxylation is 4. The SMILES string of the molecule is COc1ccc(C)cc1NC(=O)CCNc1c(C)cc(C)cc1C. The van der Waals surface area contributed by atoms with Crippen LogP contribution in [0.25, 0.3) is 0 Å². The predicted octanol–water partition coefficient (Wildman–Crippen LogP) is 4.37. The predicted molar refractivity (Wildman–Crippen MR) is 100 cm³/mol. The summed E-state index contributed by atoms with van der Waals surface area (Å²) in [5.41, 5.74) is 6.56. The van der Waals surface area contributed by atoms with Crippen LogP contribution in [0.4, 0.5) is 11.4 Å². The first-order chi connectivity index (χ1) is 11.4. The van der Waals surface area contributed by atoms with Gasteiger partial charge in [0.1, 0.15) is 5.75 Å². The lowest BCUT2D eigenvalue weighted by molar-refractivity contribution is -0.116. The van der Waals surface area contributed by atoms with Gasteiger partial charge in [-0.15, -0.1) is 0 Å². The Hall–Kier alpha value is -2.49. The lowest BCUT2D eigenvalue weighted by Gasteiger charge is -2.14. The Morgan fingerprint density at radius 3 is 2.29 bits per heavy atom. The van der Waals surface area contributed by atoms with Crippen LogP contribution in [-0.2, 0) is 4.79 Å². The van der Waals surface area contributed by atoms with Gasteiger partial charge in [0.25, 0.3) is 0 Å². The fourth-order valence-corrected chi connectivity index (χ4v) is 2.89. The molecule has 0 radical (unpaired) electrons.